The van der Waals surface area contributed by atoms with Crippen molar-refractivity contribution in [3.8, 4) is 5.69 Å². The highest BCUT2D eigenvalue weighted by Gasteiger charge is 2.21. The molecule has 3 rings (SSSR count). The van der Waals surface area contributed by atoms with E-state index >= 15 is 0 Å². The molecule has 0 unspecified atom stereocenters. The summed E-state index contributed by atoms with van der Waals surface area (Å²) < 4.78 is 1.53. The Morgan fingerprint density at radius 3 is 2.41 bits per heavy atom. The molecule has 10 heteroatoms. The number of aromatic nitrogens is 3. The third-order valence-electron chi connectivity index (χ3n) is 3.96. The summed E-state index contributed by atoms with van der Waals surface area (Å²) in [5.74, 6) is -0.357. The number of halogens is 3. The molecular formula is C19H16Cl3N5O2. The number of carbonyl (C=O) groups excluding carboxylic acids is 2. The van der Waals surface area contributed by atoms with Crippen molar-refractivity contribution in [3.05, 3.63) is 69.2 Å². The summed E-state index contributed by atoms with van der Waals surface area (Å²) in [6.45, 7) is 1.54. The molecule has 3 aromatic rings. The molecule has 0 aliphatic heterocycles. The van der Waals surface area contributed by atoms with Crippen molar-refractivity contribution in [2.24, 2.45) is 0 Å². The first-order valence-corrected chi connectivity index (χ1v) is 9.58. The Labute approximate surface area is 182 Å². The van der Waals surface area contributed by atoms with Gasteiger partial charge in [-0.25, -0.2) is 9.67 Å². The van der Waals surface area contributed by atoms with E-state index in [4.69, 9.17) is 34.8 Å². The first kappa shape index (κ1) is 21.1. The predicted octanol–water partition coefficient (Wildman–Crippen LogP) is 4.25. The van der Waals surface area contributed by atoms with E-state index < -0.39 is 11.8 Å². The van der Waals surface area contributed by atoms with Gasteiger partial charge in [0, 0.05) is 17.8 Å². The first-order chi connectivity index (χ1) is 13.7. The van der Waals surface area contributed by atoms with Gasteiger partial charge in [0.2, 0.25) is 11.7 Å². The summed E-state index contributed by atoms with van der Waals surface area (Å²) >= 11 is 17.7. The smallest absolute Gasteiger partial charge is 0.293 e. The van der Waals surface area contributed by atoms with E-state index in [0.717, 1.165) is 5.69 Å². The van der Waals surface area contributed by atoms with Crippen LogP contribution in [-0.2, 0) is 4.79 Å². The number of benzene rings is 2. The lowest BCUT2D eigenvalue weighted by molar-refractivity contribution is -0.116. The summed E-state index contributed by atoms with van der Waals surface area (Å²) in [6.07, 6.45) is 0. The van der Waals surface area contributed by atoms with Gasteiger partial charge in [-0.3, -0.25) is 9.59 Å². The molecule has 7 nitrogen and oxygen atoms in total. The minimum absolute atomic E-state index is 0.0118. The molecule has 0 bridgehead atoms. The summed E-state index contributed by atoms with van der Waals surface area (Å²) in [6, 6.07) is 11.7. The van der Waals surface area contributed by atoms with Gasteiger partial charge >= 0.3 is 0 Å². The van der Waals surface area contributed by atoms with E-state index in [2.05, 4.69) is 15.4 Å². The largest absolute Gasteiger partial charge is 0.330 e. The normalized spacial score (nSPS) is 10.7. The quantitative estimate of drug-likeness (QED) is 0.628. The van der Waals surface area contributed by atoms with Crippen LogP contribution in [0.15, 0.2) is 42.5 Å². The molecule has 1 aromatic heterocycles. The number of hydrogen-bond donors (Lipinski definition) is 1. The van der Waals surface area contributed by atoms with Gasteiger partial charge in [-0.05, 0) is 49.4 Å². The monoisotopic (exact) mass is 451 g/mol. The highest BCUT2D eigenvalue weighted by molar-refractivity contribution is 6.42. The van der Waals surface area contributed by atoms with E-state index in [-0.39, 0.29) is 12.4 Å². The number of amides is 2. The van der Waals surface area contributed by atoms with Crippen molar-refractivity contribution < 1.29 is 9.59 Å². The minimum Gasteiger partial charge on any atom is -0.330 e. The van der Waals surface area contributed by atoms with Crippen LogP contribution < -0.4 is 5.32 Å². The fourth-order valence-corrected chi connectivity index (χ4v) is 2.96. The lowest BCUT2D eigenvalue weighted by Crippen LogP contribution is -2.35. The molecule has 0 fully saturated rings. The Kier molecular flexibility index (Phi) is 6.42. The third-order valence-corrected chi connectivity index (χ3v) is 4.95. The SMILES string of the molecule is Cc1nc(C(=O)N(C)CC(=O)Nc2ccc(Cl)c(Cl)c2)nn1-c1ccc(Cl)cc1. The number of rotatable bonds is 5. The van der Waals surface area contributed by atoms with Crippen molar-refractivity contribution in [1.82, 2.24) is 19.7 Å². The van der Waals surface area contributed by atoms with Crippen molar-refractivity contribution in [3.63, 3.8) is 0 Å². The van der Waals surface area contributed by atoms with Crippen molar-refractivity contribution in [2.75, 3.05) is 18.9 Å². The molecule has 0 aliphatic carbocycles. The van der Waals surface area contributed by atoms with Gasteiger partial charge in [0.1, 0.15) is 5.82 Å². The summed E-state index contributed by atoms with van der Waals surface area (Å²) in [5, 5.41) is 8.21. The Morgan fingerprint density at radius 1 is 1.07 bits per heavy atom. The molecule has 2 amide bonds. The number of anilines is 1. The van der Waals surface area contributed by atoms with Crippen LogP contribution in [0, 0.1) is 6.92 Å². The van der Waals surface area contributed by atoms with E-state index in [0.29, 0.717) is 26.6 Å². The molecule has 0 saturated carbocycles. The van der Waals surface area contributed by atoms with E-state index in [1.165, 1.54) is 22.7 Å². The molecular weight excluding hydrogens is 437 g/mol. The number of nitrogens with zero attached hydrogens (tertiary/aromatic N) is 4. The third kappa shape index (κ3) is 5.06. The van der Waals surface area contributed by atoms with Gasteiger partial charge in [0.15, 0.2) is 0 Å². The van der Waals surface area contributed by atoms with Gasteiger partial charge in [0.05, 0.1) is 22.3 Å². The van der Waals surface area contributed by atoms with Crippen molar-refractivity contribution >= 4 is 52.3 Å². The first-order valence-electron chi connectivity index (χ1n) is 8.44. The number of nitrogens with one attached hydrogen (secondary N) is 1. The molecule has 2 aromatic carbocycles. The van der Waals surface area contributed by atoms with Gasteiger partial charge in [-0.1, -0.05) is 34.8 Å². The molecule has 0 radical (unpaired) electrons. The molecule has 1 heterocycles. The van der Waals surface area contributed by atoms with E-state index in [1.807, 2.05) is 0 Å². The second-order valence-electron chi connectivity index (χ2n) is 6.21. The highest BCUT2D eigenvalue weighted by atomic mass is 35.5. The number of likely N-dealkylation sites (N-methyl/N-ethyl adjacent to an activating group) is 1. The van der Waals surface area contributed by atoms with Crippen LogP contribution >= 0.6 is 34.8 Å². The zero-order valence-corrected chi connectivity index (χ0v) is 17.8. The van der Waals surface area contributed by atoms with Crippen molar-refractivity contribution in [2.45, 2.75) is 6.92 Å². The topological polar surface area (TPSA) is 80.1 Å². The summed E-state index contributed by atoms with van der Waals surface area (Å²) in [7, 11) is 1.50. The van der Waals surface area contributed by atoms with Crippen LogP contribution in [0.4, 0.5) is 5.69 Å². The molecule has 0 saturated heterocycles. The average Bonchev–Trinajstić information content (AvgIpc) is 3.06. The van der Waals surface area contributed by atoms with Gasteiger partial charge in [-0.15, -0.1) is 5.10 Å². The highest BCUT2D eigenvalue weighted by Crippen LogP contribution is 2.25. The average molecular weight is 453 g/mol. The second-order valence-corrected chi connectivity index (χ2v) is 7.46. The van der Waals surface area contributed by atoms with Crippen LogP contribution in [0.5, 0.6) is 0 Å². The molecule has 1 N–H and O–H groups in total. The zero-order valence-electron chi connectivity index (χ0n) is 15.5. The van der Waals surface area contributed by atoms with Crippen molar-refractivity contribution in [1.29, 1.82) is 0 Å². The van der Waals surface area contributed by atoms with Crippen LogP contribution in [0.1, 0.15) is 16.4 Å². The predicted molar refractivity (Wildman–Crippen MR) is 113 cm³/mol. The maximum absolute atomic E-state index is 12.6. The van der Waals surface area contributed by atoms with Crippen LogP contribution in [0.25, 0.3) is 5.69 Å². The van der Waals surface area contributed by atoms with Crippen LogP contribution in [0.2, 0.25) is 15.1 Å². The molecule has 150 valence electrons. The summed E-state index contributed by atoms with van der Waals surface area (Å²) in [4.78, 5) is 30.3. The zero-order chi connectivity index (χ0) is 21.1. The second kappa shape index (κ2) is 8.82. The van der Waals surface area contributed by atoms with E-state index in [9.17, 15) is 9.59 Å². The fourth-order valence-electron chi connectivity index (χ4n) is 2.54. The summed E-state index contributed by atoms with van der Waals surface area (Å²) in [5.41, 5.74) is 1.20. The van der Waals surface area contributed by atoms with Gasteiger partial charge in [0.25, 0.3) is 5.91 Å². The maximum Gasteiger partial charge on any atom is 0.293 e. The standard InChI is InChI=1S/C19H16Cl3N5O2/c1-11-23-18(25-27(11)14-6-3-12(20)4-7-14)19(29)26(2)10-17(28)24-13-5-8-15(21)16(22)9-13/h3-9H,10H2,1-2H3,(H,24,28). The molecule has 29 heavy (non-hydrogen) atoms. The van der Waals surface area contributed by atoms with Crippen LogP contribution in [-0.4, -0.2) is 45.1 Å². The maximum atomic E-state index is 12.6. The van der Waals surface area contributed by atoms with E-state index in [1.54, 1.807) is 43.3 Å². The lowest BCUT2D eigenvalue weighted by Gasteiger charge is -2.15. The number of hydrogen-bond acceptors (Lipinski definition) is 4. The number of carbonyl (C=O) groups is 2. The molecule has 0 aliphatic rings. The van der Waals surface area contributed by atoms with Gasteiger partial charge < -0.3 is 10.2 Å². The van der Waals surface area contributed by atoms with Gasteiger partial charge in [-0.2, -0.15) is 0 Å². The molecule has 0 atom stereocenters. The Hall–Kier alpha value is -2.61. The Morgan fingerprint density at radius 2 is 1.76 bits per heavy atom. The lowest BCUT2D eigenvalue weighted by atomic mass is 10.3. The molecule has 0 spiro atoms. The number of aryl methyl sites for hydroxylation is 1. The minimum atomic E-state index is -0.481. The fraction of sp³-hybridized carbons (Fsp3) is 0.158. The Bertz CT molecular complexity index is 1070. The Balaban J connectivity index is 1.68. The van der Waals surface area contributed by atoms with Crippen LogP contribution in [0.3, 0.4) is 0 Å².